The van der Waals surface area contributed by atoms with E-state index in [4.69, 9.17) is 0 Å². The SMILES string of the molecule is C[C@@H](Nc1ccc(F)cc1C(F)F)c1cc(F)cc2c(=O)n(C)c(-c3ccc(S(C)(=O)=O)nc3)cc12. The minimum absolute atomic E-state index is 0.0269. The molecule has 0 unspecified atom stereocenters. The van der Waals surface area contributed by atoms with E-state index in [0.29, 0.717) is 22.2 Å². The second-order valence-electron chi connectivity index (χ2n) is 8.41. The number of fused-ring (bicyclic) bond motifs is 1. The summed E-state index contributed by atoms with van der Waals surface area (Å²) in [5.41, 5.74) is 0.0532. The van der Waals surface area contributed by atoms with Crippen molar-refractivity contribution in [1.29, 1.82) is 0 Å². The molecule has 2 heterocycles. The van der Waals surface area contributed by atoms with Crippen LogP contribution in [0.3, 0.4) is 0 Å². The van der Waals surface area contributed by atoms with Gasteiger partial charge in [0.25, 0.3) is 12.0 Å². The number of hydrogen-bond donors (Lipinski definition) is 1. The maximum absolute atomic E-state index is 14.5. The fourth-order valence-corrected chi connectivity index (χ4v) is 4.60. The Balaban J connectivity index is 1.86. The van der Waals surface area contributed by atoms with Crippen molar-refractivity contribution in [3.63, 3.8) is 0 Å². The lowest BCUT2D eigenvalue weighted by molar-refractivity contribution is 0.151. The molecule has 1 N–H and O–H groups in total. The van der Waals surface area contributed by atoms with Gasteiger partial charge in [0.1, 0.15) is 11.6 Å². The Labute approximate surface area is 204 Å². The van der Waals surface area contributed by atoms with E-state index in [1.54, 1.807) is 13.0 Å². The number of nitrogens with one attached hydrogen (secondary N) is 1. The Morgan fingerprint density at radius 2 is 1.64 bits per heavy atom. The number of anilines is 1. The second-order valence-corrected chi connectivity index (χ2v) is 10.4. The van der Waals surface area contributed by atoms with Crippen LogP contribution in [0.25, 0.3) is 22.0 Å². The van der Waals surface area contributed by atoms with E-state index in [2.05, 4.69) is 10.3 Å². The molecule has 0 radical (unpaired) electrons. The Hall–Kier alpha value is -3.73. The Kier molecular flexibility index (Phi) is 6.61. The molecule has 0 bridgehead atoms. The van der Waals surface area contributed by atoms with Crippen LogP contribution in [0.15, 0.2) is 64.5 Å². The lowest BCUT2D eigenvalue weighted by atomic mass is 9.98. The van der Waals surface area contributed by atoms with Gasteiger partial charge < -0.3 is 9.88 Å². The van der Waals surface area contributed by atoms with Crippen LogP contribution in [0.5, 0.6) is 0 Å². The van der Waals surface area contributed by atoms with Crippen molar-refractivity contribution in [2.24, 2.45) is 7.05 Å². The van der Waals surface area contributed by atoms with E-state index in [0.717, 1.165) is 24.5 Å². The molecular formula is C25H21F4N3O3S. The fraction of sp³-hybridized carbons (Fsp3) is 0.200. The highest BCUT2D eigenvalue weighted by Gasteiger charge is 2.20. The van der Waals surface area contributed by atoms with Gasteiger partial charge in [-0.05, 0) is 66.4 Å². The van der Waals surface area contributed by atoms with Crippen LogP contribution in [0.4, 0.5) is 23.2 Å². The number of nitrogens with zero attached hydrogens (tertiary/aromatic N) is 2. The largest absolute Gasteiger partial charge is 0.378 e. The summed E-state index contributed by atoms with van der Waals surface area (Å²) in [5.74, 6) is -1.51. The van der Waals surface area contributed by atoms with E-state index in [-0.39, 0.29) is 16.1 Å². The quantitative estimate of drug-likeness (QED) is 0.346. The van der Waals surface area contributed by atoms with Gasteiger partial charge >= 0.3 is 0 Å². The van der Waals surface area contributed by atoms with Crippen molar-refractivity contribution in [3.05, 3.63) is 87.8 Å². The van der Waals surface area contributed by atoms with E-state index in [1.807, 2.05) is 0 Å². The molecule has 36 heavy (non-hydrogen) atoms. The Morgan fingerprint density at radius 3 is 2.25 bits per heavy atom. The normalized spacial score (nSPS) is 12.8. The topological polar surface area (TPSA) is 81.1 Å². The first kappa shape index (κ1) is 25.4. The van der Waals surface area contributed by atoms with Gasteiger partial charge in [0.15, 0.2) is 14.9 Å². The summed E-state index contributed by atoms with van der Waals surface area (Å²) in [6.45, 7) is 1.60. The molecule has 0 aliphatic carbocycles. The number of rotatable bonds is 6. The highest BCUT2D eigenvalue weighted by atomic mass is 32.2. The molecule has 2 aromatic heterocycles. The maximum atomic E-state index is 14.5. The van der Waals surface area contributed by atoms with Crippen LogP contribution in [-0.2, 0) is 16.9 Å². The predicted molar refractivity (Wildman–Crippen MR) is 129 cm³/mol. The highest BCUT2D eigenvalue weighted by Crippen LogP contribution is 2.33. The first-order chi connectivity index (χ1) is 16.9. The van der Waals surface area contributed by atoms with Crippen LogP contribution in [0.1, 0.15) is 30.5 Å². The zero-order valence-electron chi connectivity index (χ0n) is 19.4. The second kappa shape index (κ2) is 9.38. The van der Waals surface area contributed by atoms with Gasteiger partial charge in [-0.3, -0.25) is 4.79 Å². The third-order valence-corrected chi connectivity index (χ3v) is 6.85. The molecule has 1 atom stereocenters. The third kappa shape index (κ3) is 4.83. The Morgan fingerprint density at radius 1 is 0.944 bits per heavy atom. The third-order valence-electron chi connectivity index (χ3n) is 5.85. The van der Waals surface area contributed by atoms with Gasteiger partial charge in [0.05, 0.1) is 11.1 Å². The molecular weight excluding hydrogens is 498 g/mol. The average Bonchev–Trinajstić information content (AvgIpc) is 2.81. The predicted octanol–water partition coefficient (Wildman–Crippen LogP) is 5.39. The molecule has 6 nitrogen and oxygen atoms in total. The van der Waals surface area contributed by atoms with Gasteiger partial charge in [-0.2, -0.15) is 0 Å². The van der Waals surface area contributed by atoms with Gasteiger partial charge in [-0.1, -0.05) is 0 Å². The first-order valence-corrected chi connectivity index (χ1v) is 12.6. The molecule has 188 valence electrons. The number of pyridine rings is 2. The fourth-order valence-electron chi connectivity index (χ4n) is 4.04. The zero-order valence-corrected chi connectivity index (χ0v) is 20.2. The highest BCUT2D eigenvalue weighted by molar-refractivity contribution is 7.90. The van der Waals surface area contributed by atoms with Gasteiger partial charge in [0, 0.05) is 42.4 Å². The number of hydrogen-bond acceptors (Lipinski definition) is 5. The zero-order chi connectivity index (χ0) is 26.4. The van der Waals surface area contributed by atoms with Crippen LogP contribution in [0, 0.1) is 11.6 Å². The number of sulfone groups is 1. The van der Waals surface area contributed by atoms with Crippen molar-refractivity contribution in [1.82, 2.24) is 9.55 Å². The smallest absolute Gasteiger partial charge is 0.265 e. The molecule has 4 aromatic rings. The molecule has 0 spiro atoms. The van der Waals surface area contributed by atoms with Crippen molar-refractivity contribution < 1.29 is 26.0 Å². The molecule has 0 aliphatic rings. The van der Waals surface area contributed by atoms with Crippen LogP contribution >= 0.6 is 0 Å². The average molecular weight is 520 g/mol. The number of halogens is 4. The molecule has 2 aromatic carbocycles. The summed E-state index contributed by atoms with van der Waals surface area (Å²) in [5, 5.41) is 3.17. The molecule has 11 heteroatoms. The first-order valence-electron chi connectivity index (χ1n) is 10.7. The van der Waals surface area contributed by atoms with Crippen molar-refractivity contribution >= 4 is 26.3 Å². The number of aromatic nitrogens is 2. The molecule has 4 rings (SSSR count). The van der Waals surface area contributed by atoms with Crippen LogP contribution < -0.4 is 10.9 Å². The molecule has 0 fully saturated rings. The summed E-state index contributed by atoms with van der Waals surface area (Å²) >= 11 is 0. The summed E-state index contributed by atoms with van der Waals surface area (Å²) < 4.78 is 79.7. The van der Waals surface area contributed by atoms with Gasteiger partial charge in [-0.25, -0.2) is 31.0 Å². The minimum atomic E-state index is -3.53. The lowest BCUT2D eigenvalue weighted by Gasteiger charge is -2.21. The van der Waals surface area contributed by atoms with E-state index >= 15 is 0 Å². The summed E-state index contributed by atoms with van der Waals surface area (Å²) in [6.07, 6.45) is -0.604. The molecule has 0 saturated carbocycles. The van der Waals surface area contributed by atoms with E-state index in [1.165, 1.54) is 42.1 Å². The maximum Gasteiger partial charge on any atom is 0.265 e. The number of benzene rings is 2. The summed E-state index contributed by atoms with van der Waals surface area (Å²) in [4.78, 5) is 17.1. The van der Waals surface area contributed by atoms with Crippen LogP contribution in [0.2, 0.25) is 0 Å². The molecule has 0 saturated heterocycles. The van der Waals surface area contributed by atoms with E-state index < -0.39 is 45.1 Å². The van der Waals surface area contributed by atoms with Gasteiger partial charge in [-0.15, -0.1) is 0 Å². The van der Waals surface area contributed by atoms with Crippen molar-refractivity contribution in [2.75, 3.05) is 11.6 Å². The molecule has 0 aliphatic heterocycles. The minimum Gasteiger partial charge on any atom is -0.378 e. The van der Waals surface area contributed by atoms with Gasteiger partial charge in [0.2, 0.25) is 0 Å². The standard InChI is InChI=1S/C25H21F4N3O3S/c1-13(31-21-6-5-15(26)8-20(21)24(28)29)17-9-16(27)10-19-18(17)11-22(32(2)25(19)33)14-4-7-23(30-12-14)36(3,34)35/h4-13,24,31H,1-3H3/t13-/m1/s1. The monoisotopic (exact) mass is 519 g/mol. The van der Waals surface area contributed by atoms with Crippen molar-refractivity contribution in [2.45, 2.75) is 24.4 Å². The number of alkyl halides is 2. The Bertz CT molecular complexity index is 1640. The van der Waals surface area contributed by atoms with Crippen LogP contribution in [-0.4, -0.2) is 24.2 Å². The van der Waals surface area contributed by atoms with Crippen molar-refractivity contribution in [3.8, 4) is 11.3 Å². The van der Waals surface area contributed by atoms with E-state index in [9.17, 15) is 30.8 Å². The molecule has 0 amide bonds. The summed E-state index contributed by atoms with van der Waals surface area (Å²) in [6, 6.07) is 8.91. The summed E-state index contributed by atoms with van der Waals surface area (Å²) in [7, 11) is -2.04. The lowest BCUT2D eigenvalue weighted by Crippen LogP contribution is -2.20.